The highest BCUT2D eigenvalue weighted by Gasteiger charge is 2.49. The van der Waals surface area contributed by atoms with E-state index < -0.39 is 12.3 Å². The minimum Gasteiger partial charge on any atom is -0.331 e. The average molecular weight is 218 g/mol. The highest BCUT2D eigenvalue weighted by atomic mass is 19.3. The molecule has 0 N–H and O–H groups in total. The Morgan fingerprint density at radius 1 is 1.40 bits per heavy atom. The molecule has 1 aromatic carbocycles. The van der Waals surface area contributed by atoms with Crippen molar-refractivity contribution < 1.29 is 27.7 Å². The van der Waals surface area contributed by atoms with Gasteiger partial charge in [-0.05, 0) is 6.07 Å². The zero-order chi connectivity index (χ0) is 11.1. The van der Waals surface area contributed by atoms with E-state index in [1.54, 1.807) is 0 Å². The van der Waals surface area contributed by atoms with Crippen molar-refractivity contribution in [3.63, 3.8) is 0 Å². The molecule has 0 saturated heterocycles. The summed E-state index contributed by atoms with van der Waals surface area (Å²) in [6.07, 6.45) is -6.11. The standard InChI is InChI=1S/C9H5F3O3/c10-8-6-2-1-5(4-13)3-7(6)14-15-9(8,11)12/h1-4,8H. The van der Waals surface area contributed by atoms with Gasteiger partial charge in [0.25, 0.3) is 0 Å². The van der Waals surface area contributed by atoms with Gasteiger partial charge >= 0.3 is 6.11 Å². The van der Waals surface area contributed by atoms with Gasteiger partial charge in [0, 0.05) is 11.1 Å². The smallest absolute Gasteiger partial charge is 0.331 e. The summed E-state index contributed by atoms with van der Waals surface area (Å²) in [5.74, 6) is -0.210. The molecule has 0 spiro atoms. The number of benzene rings is 1. The summed E-state index contributed by atoms with van der Waals surface area (Å²) >= 11 is 0. The summed E-state index contributed by atoms with van der Waals surface area (Å²) in [6.45, 7) is 0. The van der Waals surface area contributed by atoms with Crippen LogP contribution in [0.15, 0.2) is 18.2 Å². The van der Waals surface area contributed by atoms with E-state index in [4.69, 9.17) is 0 Å². The molecule has 0 aromatic heterocycles. The first-order chi connectivity index (χ1) is 7.04. The van der Waals surface area contributed by atoms with Crippen LogP contribution >= 0.6 is 0 Å². The second-order valence-electron chi connectivity index (χ2n) is 3.01. The summed E-state index contributed by atoms with van der Waals surface area (Å²) in [4.78, 5) is 18.1. The van der Waals surface area contributed by atoms with Gasteiger partial charge in [0.15, 0.2) is 5.75 Å². The highest BCUT2D eigenvalue weighted by molar-refractivity contribution is 5.76. The monoisotopic (exact) mass is 218 g/mol. The Morgan fingerprint density at radius 3 is 2.80 bits per heavy atom. The number of aldehydes is 1. The molecule has 3 nitrogen and oxygen atoms in total. The fraction of sp³-hybridized carbons (Fsp3) is 0.222. The molecule has 0 amide bonds. The summed E-state index contributed by atoms with van der Waals surface area (Å²) < 4.78 is 38.5. The van der Waals surface area contributed by atoms with E-state index in [1.165, 1.54) is 6.07 Å². The predicted octanol–water partition coefficient (Wildman–Crippen LogP) is 2.43. The van der Waals surface area contributed by atoms with Gasteiger partial charge in [-0.15, -0.1) is 4.89 Å². The lowest BCUT2D eigenvalue weighted by Gasteiger charge is -2.26. The largest absolute Gasteiger partial charge is 0.425 e. The Kier molecular flexibility index (Phi) is 2.15. The van der Waals surface area contributed by atoms with Crippen LogP contribution in [0.25, 0.3) is 0 Å². The minimum atomic E-state index is -4.00. The molecule has 6 heteroatoms. The van der Waals surface area contributed by atoms with Crippen molar-refractivity contribution in [1.82, 2.24) is 0 Å². The summed E-state index contributed by atoms with van der Waals surface area (Å²) in [6, 6.07) is 3.42. The molecule has 2 rings (SSSR count). The zero-order valence-electron chi connectivity index (χ0n) is 7.25. The fourth-order valence-electron chi connectivity index (χ4n) is 1.23. The molecular formula is C9H5F3O3. The maximum absolute atomic E-state index is 13.1. The lowest BCUT2D eigenvalue weighted by Crippen LogP contribution is -2.33. The molecule has 1 aliphatic rings. The summed E-state index contributed by atoms with van der Waals surface area (Å²) in [5.41, 5.74) is -0.147. The van der Waals surface area contributed by atoms with Crippen LogP contribution < -0.4 is 4.89 Å². The molecule has 0 aliphatic carbocycles. The molecule has 1 atom stereocenters. The summed E-state index contributed by atoms with van der Waals surface area (Å²) in [5, 5.41) is 0. The third-order valence-electron chi connectivity index (χ3n) is 1.98. The minimum absolute atomic E-state index is 0.190. The van der Waals surface area contributed by atoms with Crippen molar-refractivity contribution >= 4 is 6.29 Å². The van der Waals surface area contributed by atoms with Crippen molar-refractivity contribution in [2.45, 2.75) is 12.3 Å². The number of carbonyl (C=O) groups excluding carboxylic acids is 1. The molecule has 0 fully saturated rings. The van der Waals surface area contributed by atoms with E-state index in [0.717, 1.165) is 12.1 Å². The molecule has 1 aromatic rings. The Morgan fingerprint density at radius 2 is 2.13 bits per heavy atom. The molecule has 1 unspecified atom stereocenters. The first-order valence-corrected chi connectivity index (χ1v) is 4.01. The van der Waals surface area contributed by atoms with E-state index in [9.17, 15) is 18.0 Å². The van der Waals surface area contributed by atoms with Crippen molar-refractivity contribution in [2.75, 3.05) is 0 Å². The maximum Gasteiger partial charge on any atom is 0.425 e. The molecule has 0 radical (unpaired) electrons. The maximum atomic E-state index is 13.1. The molecule has 0 bridgehead atoms. The molecule has 1 heterocycles. The quantitative estimate of drug-likeness (QED) is 0.536. The molecule has 80 valence electrons. The van der Waals surface area contributed by atoms with Gasteiger partial charge < -0.3 is 4.89 Å². The van der Waals surface area contributed by atoms with E-state index >= 15 is 0 Å². The Bertz CT molecular complexity index is 406. The molecule has 15 heavy (non-hydrogen) atoms. The zero-order valence-corrected chi connectivity index (χ0v) is 7.25. The summed E-state index contributed by atoms with van der Waals surface area (Å²) in [7, 11) is 0. The van der Waals surface area contributed by atoms with Crippen molar-refractivity contribution in [3.05, 3.63) is 29.3 Å². The number of rotatable bonds is 1. The third-order valence-corrected chi connectivity index (χ3v) is 1.98. The highest BCUT2D eigenvalue weighted by Crippen LogP contribution is 2.44. The number of carbonyl (C=O) groups is 1. The van der Waals surface area contributed by atoms with Crippen molar-refractivity contribution in [3.8, 4) is 5.75 Å². The van der Waals surface area contributed by atoms with Gasteiger partial charge in [-0.1, -0.05) is 12.1 Å². The van der Waals surface area contributed by atoms with Crippen molar-refractivity contribution in [1.29, 1.82) is 0 Å². The lowest BCUT2D eigenvalue weighted by atomic mass is 10.1. The Balaban J connectivity index is 2.46. The average Bonchev–Trinajstić information content (AvgIpc) is 2.23. The van der Waals surface area contributed by atoms with Crippen LogP contribution in [0.3, 0.4) is 0 Å². The van der Waals surface area contributed by atoms with Crippen LogP contribution in [0.4, 0.5) is 13.2 Å². The Hall–Kier alpha value is -1.56. The predicted molar refractivity (Wildman–Crippen MR) is 42.3 cm³/mol. The van der Waals surface area contributed by atoms with Crippen LogP contribution in [0, 0.1) is 0 Å². The first-order valence-electron chi connectivity index (χ1n) is 4.01. The van der Waals surface area contributed by atoms with Crippen LogP contribution in [-0.4, -0.2) is 12.4 Å². The van der Waals surface area contributed by atoms with E-state index in [0.29, 0.717) is 6.29 Å². The molecule has 0 saturated carbocycles. The van der Waals surface area contributed by atoms with Crippen LogP contribution in [0.5, 0.6) is 5.75 Å². The topological polar surface area (TPSA) is 35.5 Å². The first kappa shape index (κ1) is 9.97. The van der Waals surface area contributed by atoms with Crippen LogP contribution in [0.2, 0.25) is 0 Å². The van der Waals surface area contributed by atoms with Gasteiger partial charge in [-0.2, -0.15) is 8.78 Å². The van der Waals surface area contributed by atoms with Gasteiger partial charge in [-0.3, -0.25) is 4.79 Å². The molecular weight excluding hydrogens is 213 g/mol. The second kappa shape index (κ2) is 3.23. The molecule has 1 aliphatic heterocycles. The van der Waals surface area contributed by atoms with Crippen LogP contribution in [-0.2, 0) is 4.89 Å². The van der Waals surface area contributed by atoms with E-state index in [1.807, 2.05) is 0 Å². The Labute approximate surface area is 82.3 Å². The number of fused-ring (bicyclic) bond motifs is 1. The number of hydrogen-bond donors (Lipinski definition) is 0. The van der Waals surface area contributed by atoms with Crippen LogP contribution in [0.1, 0.15) is 22.1 Å². The number of halogens is 3. The van der Waals surface area contributed by atoms with Gasteiger partial charge in [0.05, 0.1) is 0 Å². The normalized spacial score (nSPS) is 22.7. The third kappa shape index (κ3) is 1.56. The van der Waals surface area contributed by atoms with Gasteiger partial charge in [0.1, 0.15) is 6.29 Å². The SMILES string of the molecule is O=Cc1ccc2c(c1)OOC(F)(F)C2F. The number of alkyl halides is 3. The van der Waals surface area contributed by atoms with Gasteiger partial charge in [-0.25, -0.2) is 4.39 Å². The van der Waals surface area contributed by atoms with E-state index in [2.05, 4.69) is 9.78 Å². The van der Waals surface area contributed by atoms with Crippen molar-refractivity contribution in [2.24, 2.45) is 0 Å². The second-order valence-corrected chi connectivity index (χ2v) is 3.01. The van der Waals surface area contributed by atoms with Gasteiger partial charge in [0.2, 0.25) is 6.17 Å². The number of hydrogen-bond acceptors (Lipinski definition) is 3. The van der Waals surface area contributed by atoms with E-state index in [-0.39, 0.29) is 16.9 Å². The fourth-order valence-corrected chi connectivity index (χ4v) is 1.23. The lowest BCUT2D eigenvalue weighted by molar-refractivity contribution is -0.421.